The maximum absolute atomic E-state index is 12.8. The highest BCUT2D eigenvalue weighted by atomic mass is 35.5. The Labute approximate surface area is 170 Å². The summed E-state index contributed by atoms with van der Waals surface area (Å²) < 4.78 is 5.20. The Hall–Kier alpha value is -2.45. The van der Waals surface area contributed by atoms with E-state index in [4.69, 9.17) is 16.3 Å². The van der Waals surface area contributed by atoms with E-state index < -0.39 is 16.8 Å². The van der Waals surface area contributed by atoms with Gasteiger partial charge in [0, 0.05) is 17.0 Å². The number of amides is 1. The number of nitro benzene ring substituents is 1. The Balaban J connectivity index is 1.98. The van der Waals surface area contributed by atoms with Gasteiger partial charge in [-0.1, -0.05) is 18.0 Å². The number of nitrogens with one attached hydrogen (secondary N) is 1. The Kier molecular flexibility index (Phi) is 6.31. The molecule has 0 aliphatic heterocycles. The summed E-state index contributed by atoms with van der Waals surface area (Å²) in [7, 11) is 0. The lowest BCUT2D eigenvalue weighted by atomic mass is 10.1. The second-order valence-corrected chi connectivity index (χ2v) is 7.88. The zero-order valence-corrected chi connectivity index (χ0v) is 16.8. The molecule has 1 aliphatic carbocycles. The third kappa shape index (κ3) is 4.18. The lowest BCUT2D eigenvalue weighted by molar-refractivity contribution is -0.384. The van der Waals surface area contributed by atoms with Gasteiger partial charge in [0.15, 0.2) is 0 Å². The van der Waals surface area contributed by atoms with Crippen molar-refractivity contribution in [1.82, 2.24) is 0 Å². The van der Waals surface area contributed by atoms with Crippen molar-refractivity contribution in [2.45, 2.75) is 39.0 Å². The number of nitrogens with zero attached hydrogens (tertiary/aromatic N) is 1. The molecule has 1 aliphatic rings. The highest BCUT2D eigenvalue weighted by Crippen LogP contribution is 2.38. The van der Waals surface area contributed by atoms with Crippen molar-refractivity contribution in [3.8, 4) is 0 Å². The van der Waals surface area contributed by atoms with E-state index in [0.717, 1.165) is 48.6 Å². The smallest absolute Gasteiger partial charge is 0.341 e. The predicted octanol–water partition coefficient (Wildman–Crippen LogP) is 5.01. The maximum atomic E-state index is 12.8. The van der Waals surface area contributed by atoms with E-state index in [1.54, 1.807) is 6.92 Å². The highest BCUT2D eigenvalue weighted by molar-refractivity contribution is 7.17. The van der Waals surface area contributed by atoms with Gasteiger partial charge < -0.3 is 10.1 Å². The monoisotopic (exact) mass is 422 g/mol. The number of non-ortho nitro benzene ring substituents is 1. The van der Waals surface area contributed by atoms with Gasteiger partial charge in [-0.05, 0) is 44.2 Å². The van der Waals surface area contributed by atoms with Crippen LogP contribution in [0.2, 0.25) is 5.02 Å². The molecule has 2 aromatic rings. The number of hydrogen-bond donors (Lipinski definition) is 1. The van der Waals surface area contributed by atoms with Crippen LogP contribution in [0.25, 0.3) is 0 Å². The van der Waals surface area contributed by atoms with E-state index in [1.165, 1.54) is 23.5 Å². The number of anilines is 1. The Morgan fingerprint density at radius 2 is 2.04 bits per heavy atom. The molecule has 1 aromatic heterocycles. The van der Waals surface area contributed by atoms with Crippen LogP contribution in [-0.2, 0) is 17.6 Å². The molecule has 0 radical (unpaired) electrons. The minimum absolute atomic E-state index is 0.0192. The van der Waals surface area contributed by atoms with Crippen LogP contribution in [-0.4, -0.2) is 23.4 Å². The fourth-order valence-electron chi connectivity index (χ4n) is 3.22. The number of carbonyl (C=O) groups is 2. The number of thiophene rings is 1. The summed E-state index contributed by atoms with van der Waals surface area (Å²) in [5.74, 6) is -1.07. The van der Waals surface area contributed by atoms with Gasteiger partial charge in [0.1, 0.15) is 5.00 Å². The normalized spacial score (nSPS) is 13.4. The van der Waals surface area contributed by atoms with Gasteiger partial charge >= 0.3 is 5.97 Å². The van der Waals surface area contributed by atoms with Crippen LogP contribution in [0.15, 0.2) is 18.2 Å². The second-order valence-electron chi connectivity index (χ2n) is 6.36. The molecule has 1 amide bonds. The molecule has 148 valence electrons. The number of nitro groups is 1. The number of fused-ring (bicyclic) bond motifs is 1. The molecule has 9 heteroatoms. The molecule has 0 unspecified atom stereocenters. The molecule has 1 N–H and O–H groups in total. The predicted molar refractivity (Wildman–Crippen MR) is 108 cm³/mol. The number of benzene rings is 1. The molecule has 7 nitrogen and oxygen atoms in total. The van der Waals surface area contributed by atoms with E-state index >= 15 is 0 Å². The first kappa shape index (κ1) is 20.3. The molecule has 0 bridgehead atoms. The van der Waals surface area contributed by atoms with Crippen molar-refractivity contribution in [3.05, 3.63) is 54.9 Å². The second kappa shape index (κ2) is 8.70. The summed E-state index contributed by atoms with van der Waals surface area (Å²) in [5.41, 5.74) is 1.07. The third-order valence-electron chi connectivity index (χ3n) is 4.53. The standard InChI is InChI=1S/C19H19ClN2O5S/c1-2-27-19(24)16-12-6-4-3-5-7-15(12)28-18(16)21-17(23)13-10-11(22(25)26)8-9-14(13)20/h8-10H,2-7H2,1H3,(H,21,23). The molecule has 1 heterocycles. The van der Waals surface area contributed by atoms with Crippen LogP contribution in [0.4, 0.5) is 10.7 Å². The molecule has 1 aromatic carbocycles. The van der Waals surface area contributed by atoms with Crippen LogP contribution in [0, 0.1) is 10.1 Å². The Morgan fingerprint density at radius 3 is 2.75 bits per heavy atom. The zero-order chi connectivity index (χ0) is 20.3. The summed E-state index contributed by atoms with van der Waals surface area (Å²) >= 11 is 7.42. The molecule has 0 fully saturated rings. The average Bonchev–Trinajstić information content (AvgIpc) is 2.82. The number of halogens is 1. The first-order chi connectivity index (χ1) is 13.4. The Morgan fingerprint density at radius 1 is 1.29 bits per heavy atom. The number of ether oxygens (including phenoxy) is 1. The van der Waals surface area contributed by atoms with Gasteiger partial charge in [0.2, 0.25) is 0 Å². The number of carbonyl (C=O) groups excluding carboxylic acids is 2. The quantitative estimate of drug-likeness (QED) is 0.316. The largest absolute Gasteiger partial charge is 0.462 e. The molecule has 3 rings (SSSR count). The van der Waals surface area contributed by atoms with Gasteiger partial charge in [0.25, 0.3) is 11.6 Å². The average molecular weight is 423 g/mol. The van der Waals surface area contributed by atoms with E-state index in [2.05, 4.69) is 5.32 Å². The number of esters is 1. The van der Waals surface area contributed by atoms with E-state index in [1.807, 2.05) is 0 Å². The summed E-state index contributed by atoms with van der Waals surface area (Å²) in [5, 5.41) is 14.2. The van der Waals surface area contributed by atoms with Crippen LogP contribution in [0.1, 0.15) is 57.3 Å². The van der Waals surface area contributed by atoms with Gasteiger partial charge in [-0.25, -0.2) is 4.79 Å². The first-order valence-corrected chi connectivity index (χ1v) is 10.2. The van der Waals surface area contributed by atoms with Gasteiger partial charge in [-0.3, -0.25) is 14.9 Å². The lowest BCUT2D eigenvalue weighted by Gasteiger charge is -2.09. The van der Waals surface area contributed by atoms with Crippen LogP contribution < -0.4 is 5.32 Å². The van der Waals surface area contributed by atoms with Crippen LogP contribution >= 0.6 is 22.9 Å². The van der Waals surface area contributed by atoms with E-state index in [9.17, 15) is 19.7 Å². The van der Waals surface area contributed by atoms with Gasteiger partial charge in [-0.2, -0.15) is 0 Å². The summed E-state index contributed by atoms with van der Waals surface area (Å²) in [6, 6.07) is 3.67. The minimum atomic E-state index is -0.601. The van der Waals surface area contributed by atoms with Crippen molar-refractivity contribution in [2.75, 3.05) is 11.9 Å². The van der Waals surface area contributed by atoms with E-state index in [-0.39, 0.29) is 22.9 Å². The first-order valence-electron chi connectivity index (χ1n) is 8.99. The summed E-state index contributed by atoms with van der Waals surface area (Å²) in [6.07, 6.45) is 4.70. The SMILES string of the molecule is CCOC(=O)c1c(NC(=O)c2cc([N+](=O)[O-])ccc2Cl)sc2c1CCCCC2. The van der Waals surface area contributed by atoms with Gasteiger partial charge in [0.05, 0.1) is 27.7 Å². The van der Waals surface area contributed by atoms with Crippen molar-refractivity contribution in [1.29, 1.82) is 0 Å². The number of rotatable bonds is 5. The molecule has 28 heavy (non-hydrogen) atoms. The molecule has 0 saturated carbocycles. The summed E-state index contributed by atoms with van der Waals surface area (Å²) in [6.45, 7) is 1.96. The highest BCUT2D eigenvalue weighted by Gasteiger charge is 2.27. The van der Waals surface area contributed by atoms with Crippen molar-refractivity contribution < 1.29 is 19.2 Å². The molecule has 0 spiro atoms. The van der Waals surface area contributed by atoms with Crippen molar-refractivity contribution >= 4 is 45.5 Å². The molecule has 0 saturated heterocycles. The fraction of sp³-hybridized carbons (Fsp3) is 0.368. The molecule has 0 atom stereocenters. The maximum Gasteiger partial charge on any atom is 0.341 e. The van der Waals surface area contributed by atoms with E-state index in [0.29, 0.717) is 10.6 Å². The van der Waals surface area contributed by atoms with Crippen LogP contribution in [0.3, 0.4) is 0 Å². The Bertz CT molecular complexity index is 941. The topological polar surface area (TPSA) is 98.5 Å². The van der Waals surface area contributed by atoms with Crippen LogP contribution in [0.5, 0.6) is 0 Å². The van der Waals surface area contributed by atoms with Crippen molar-refractivity contribution in [3.63, 3.8) is 0 Å². The van der Waals surface area contributed by atoms with Crippen molar-refractivity contribution in [2.24, 2.45) is 0 Å². The third-order valence-corrected chi connectivity index (χ3v) is 6.07. The number of aryl methyl sites for hydroxylation is 1. The lowest BCUT2D eigenvalue weighted by Crippen LogP contribution is -2.16. The molecular weight excluding hydrogens is 404 g/mol. The fourth-order valence-corrected chi connectivity index (χ4v) is 4.70. The van der Waals surface area contributed by atoms with Gasteiger partial charge in [-0.15, -0.1) is 11.3 Å². The zero-order valence-electron chi connectivity index (χ0n) is 15.2. The minimum Gasteiger partial charge on any atom is -0.462 e. The number of hydrogen-bond acceptors (Lipinski definition) is 6. The molecular formula is C19H19ClN2O5S. The summed E-state index contributed by atoms with van der Waals surface area (Å²) in [4.78, 5) is 36.8.